The summed E-state index contributed by atoms with van der Waals surface area (Å²) >= 11 is 6.16. The van der Waals surface area contributed by atoms with Crippen molar-refractivity contribution >= 4 is 23.8 Å². The van der Waals surface area contributed by atoms with Crippen LogP contribution in [0.15, 0.2) is 76.9 Å². The second-order valence-electron chi connectivity index (χ2n) is 8.08. The molecule has 0 radical (unpaired) electrons. The Hall–Kier alpha value is -3.09. The smallest absolute Gasteiger partial charge is 0.211 e. The average Bonchev–Trinajstić information content (AvgIpc) is 3.40. The van der Waals surface area contributed by atoms with Crippen LogP contribution >= 0.6 is 11.6 Å². The fourth-order valence-corrected chi connectivity index (χ4v) is 4.41. The van der Waals surface area contributed by atoms with Gasteiger partial charge >= 0.3 is 0 Å². The van der Waals surface area contributed by atoms with Gasteiger partial charge in [0.25, 0.3) is 0 Å². The van der Waals surface area contributed by atoms with E-state index in [0.29, 0.717) is 0 Å². The number of likely N-dealkylation sites (tertiary alicyclic amines) is 1. The van der Waals surface area contributed by atoms with Crippen LogP contribution < -0.4 is 11.5 Å². The lowest BCUT2D eigenvalue weighted by Crippen LogP contribution is -2.31. The number of halogens is 1. The summed E-state index contributed by atoms with van der Waals surface area (Å²) in [6.07, 6.45) is 5.98. The molecule has 1 aliphatic rings. The zero-order chi connectivity index (χ0) is 22.3. The Labute approximate surface area is 194 Å². The highest BCUT2D eigenvalue weighted by Gasteiger charge is 2.24. The minimum atomic E-state index is -0.0227. The average molecular weight is 449 g/mol. The Balaban J connectivity index is 1.58. The summed E-state index contributed by atoms with van der Waals surface area (Å²) in [4.78, 5) is 2.43. The SMILES string of the molecule is NC(N)=N/N=C/C1CCCN1Cc1ccc(CCc2ccccc2)n1-c1ccc(Cl)cc1. The second-order valence-corrected chi connectivity index (χ2v) is 8.52. The molecule has 0 saturated carbocycles. The van der Waals surface area contributed by atoms with Gasteiger partial charge in [-0.3, -0.25) is 4.90 Å². The summed E-state index contributed by atoms with van der Waals surface area (Å²) in [7, 11) is 0. The number of guanidine groups is 1. The first-order valence-electron chi connectivity index (χ1n) is 11.0. The van der Waals surface area contributed by atoms with E-state index in [1.165, 1.54) is 17.0 Å². The van der Waals surface area contributed by atoms with Crippen LogP contribution in [-0.4, -0.2) is 34.2 Å². The van der Waals surface area contributed by atoms with Crippen molar-refractivity contribution < 1.29 is 0 Å². The van der Waals surface area contributed by atoms with E-state index in [9.17, 15) is 0 Å². The zero-order valence-electron chi connectivity index (χ0n) is 18.1. The number of aromatic nitrogens is 1. The van der Waals surface area contributed by atoms with Gasteiger partial charge in [0.05, 0.1) is 0 Å². The van der Waals surface area contributed by atoms with Gasteiger partial charge in [0.2, 0.25) is 5.96 Å². The summed E-state index contributed by atoms with van der Waals surface area (Å²) in [5.41, 5.74) is 15.8. The van der Waals surface area contributed by atoms with Gasteiger partial charge in [-0.25, -0.2) is 0 Å². The second kappa shape index (κ2) is 10.5. The number of nitrogens with zero attached hydrogens (tertiary/aromatic N) is 4. The van der Waals surface area contributed by atoms with Gasteiger partial charge in [0, 0.05) is 40.9 Å². The van der Waals surface area contributed by atoms with Crippen LogP contribution in [0.4, 0.5) is 0 Å². The Kier molecular flexibility index (Phi) is 7.24. The van der Waals surface area contributed by atoms with Crippen molar-refractivity contribution in [2.75, 3.05) is 6.54 Å². The van der Waals surface area contributed by atoms with Gasteiger partial charge < -0.3 is 16.0 Å². The number of hydrogen-bond acceptors (Lipinski definition) is 3. The normalized spacial score (nSPS) is 16.6. The molecule has 6 nitrogen and oxygen atoms in total. The Morgan fingerprint density at radius 2 is 1.72 bits per heavy atom. The van der Waals surface area contributed by atoms with Gasteiger partial charge in [0.15, 0.2) is 0 Å². The summed E-state index contributed by atoms with van der Waals surface area (Å²) < 4.78 is 2.36. The highest BCUT2D eigenvalue weighted by Crippen LogP contribution is 2.25. The predicted octanol–water partition coefficient (Wildman–Crippen LogP) is 4.14. The van der Waals surface area contributed by atoms with E-state index in [1.807, 2.05) is 18.3 Å². The molecule has 4 N–H and O–H groups in total. The molecule has 3 aromatic rings. The Morgan fingerprint density at radius 3 is 2.47 bits per heavy atom. The van der Waals surface area contributed by atoms with E-state index >= 15 is 0 Å². The molecule has 7 heteroatoms. The third kappa shape index (κ3) is 5.58. The molecule has 32 heavy (non-hydrogen) atoms. The first-order valence-corrected chi connectivity index (χ1v) is 11.3. The molecule has 0 amide bonds. The minimum Gasteiger partial charge on any atom is -0.369 e. The number of aryl methyl sites for hydroxylation is 2. The van der Waals surface area contributed by atoms with Gasteiger partial charge in [0.1, 0.15) is 0 Å². The topological polar surface area (TPSA) is 84.9 Å². The highest BCUT2D eigenvalue weighted by atomic mass is 35.5. The van der Waals surface area contributed by atoms with E-state index in [0.717, 1.165) is 49.5 Å². The maximum atomic E-state index is 6.16. The van der Waals surface area contributed by atoms with Crippen molar-refractivity contribution in [1.82, 2.24) is 9.47 Å². The van der Waals surface area contributed by atoms with E-state index < -0.39 is 0 Å². The van der Waals surface area contributed by atoms with Crippen LogP contribution in [0.1, 0.15) is 29.8 Å². The predicted molar refractivity (Wildman–Crippen MR) is 132 cm³/mol. The molecular formula is C25H29ClN6. The van der Waals surface area contributed by atoms with E-state index in [1.54, 1.807) is 0 Å². The molecule has 1 aromatic heterocycles. The molecule has 2 aromatic carbocycles. The molecular weight excluding hydrogens is 420 g/mol. The summed E-state index contributed by atoms with van der Waals surface area (Å²) in [5.74, 6) is -0.0227. The molecule has 1 aliphatic heterocycles. The molecule has 0 aliphatic carbocycles. The van der Waals surface area contributed by atoms with Crippen molar-refractivity contribution in [1.29, 1.82) is 0 Å². The maximum Gasteiger partial charge on any atom is 0.211 e. The van der Waals surface area contributed by atoms with Crippen LogP contribution in [0.2, 0.25) is 5.02 Å². The number of rotatable bonds is 8. The van der Waals surface area contributed by atoms with E-state index in [2.05, 4.69) is 74.3 Å². The Bertz CT molecular complexity index is 1070. The first kappa shape index (κ1) is 22.1. The zero-order valence-corrected chi connectivity index (χ0v) is 18.8. The fraction of sp³-hybridized carbons (Fsp3) is 0.280. The molecule has 4 rings (SSSR count). The largest absolute Gasteiger partial charge is 0.369 e. The quantitative estimate of drug-likeness (QED) is 0.308. The van der Waals surface area contributed by atoms with E-state index in [-0.39, 0.29) is 12.0 Å². The third-order valence-corrected chi connectivity index (χ3v) is 6.08. The van der Waals surface area contributed by atoms with Crippen LogP contribution in [0.25, 0.3) is 5.69 Å². The van der Waals surface area contributed by atoms with Gasteiger partial charge in [-0.1, -0.05) is 41.9 Å². The molecule has 1 saturated heterocycles. The lowest BCUT2D eigenvalue weighted by atomic mass is 10.1. The third-order valence-electron chi connectivity index (χ3n) is 5.83. The molecule has 0 spiro atoms. The summed E-state index contributed by atoms with van der Waals surface area (Å²) in [5, 5.41) is 8.55. The van der Waals surface area contributed by atoms with Crippen molar-refractivity contribution in [3.63, 3.8) is 0 Å². The molecule has 1 unspecified atom stereocenters. The van der Waals surface area contributed by atoms with Crippen LogP contribution in [0.3, 0.4) is 0 Å². The standard InChI is InChI=1S/C25H29ClN6/c26-20-9-12-22(13-10-20)32-21(11-8-19-5-2-1-3-6-19)14-15-24(32)18-31-16-4-7-23(31)17-29-30-25(27)28/h1-3,5-6,9-10,12-15,17,23H,4,7-8,11,16,18H2,(H4,27,28,30)/b29-17+. The molecule has 2 heterocycles. The van der Waals surface area contributed by atoms with Gasteiger partial charge in [-0.05, 0) is 74.2 Å². The first-order chi connectivity index (χ1) is 15.6. The Morgan fingerprint density at radius 1 is 0.969 bits per heavy atom. The van der Waals surface area contributed by atoms with Crippen molar-refractivity contribution in [3.05, 3.63) is 88.7 Å². The summed E-state index contributed by atoms with van der Waals surface area (Å²) in [6, 6.07) is 23.4. The maximum absolute atomic E-state index is 6.16. The molecule has 0 bridgehead atoms. The van der Waals surface area contributed by atoms with Crippen LogP contribution in [0, 0.1) is 0 Å². The van der Waals surface area contributed by atoms with Crippen molar-refractivity contribution in [2.24, 2.45) is 21.7 Å². The van der Waals surface area contributed by atoms with Gasteiger partial charge in [-0.2, -0.15) is 5.10 Å². The summed E-state index contributed by atoms with van der Waals surface area (Å²) in [6.45, 7) is 1.84. The minimum absolute atomic E-state index is 0.0227. The number of hydrogen-bond donors (Lipinski definition) is 2. The van der Waals surface area contributed by atoms with Crippen molar-refractivity contribution in [3.8, 4) is 5.69 Å². The number of nitrogens with two attached hydrogens (primary N) is 2. The van der Waals surface area contributed by atoms with Crippen LogP contribution in [-0.2, 0) is 19.4 Å². The lowest BCUT2D eigenvalue weighted by molar-refractivity contribution is 0.292. The highest BCUT2D eigenvalue weighted by molar-refractivity contribution is 6.30. The fourth-order valence-electron chi connectivity index (χ4n) is 4.29. The number of benzene rings is 2. The molecule has 1 atom stereocenters. The monoisotopic (exact) mass is 448 g/mol. The van der Waals surface area contributed by atoms with Gasteiger partial charge in [-0.15, -0.1) is 5.10 Å². The van der Waals surface area contributed by atoms with Crippen molar-refractivity contribution in [2.45, 2.75) is 38.3 Å². The molecule has 166 valence electrons. The van der Waals surface area contributed by atoms with E-state index in [4.69, 9.17) is 23.1 Å². The lowest BCUT2D eigenvalue weighted by Gasteiger charge is -2.23. The van der Waals surface area contributed by atoms with Crippen LogP contribution in [0.5, 0.6) is 0 Å². The molecule has 1 fully saturated rings.